The first-order valence-electron chi connectivity index (χ1n) is 7.45. The van der Waals surface area contributed by atoms with E-state index in [1.807, 2.05) is 6.92 Å². The summed E-state index contributed by atoms with van der Waals surface area (Å²) < 4.78 is 10.7. The topological polar surface area (TPSA) is 35.5 Å². The lowest BCUT2D eigenvalue weighted by molar-refractivity contribution is -0.137. The number of allylic oxidation sites excluding steroid dienone is 1. The summed E-state index contributed by atoms with van der Waals surface area (Å²) in [6, 6.07) is 4.23. The van der Waals surface area contributed by atoms with Gasteiger partial charge >= 0.3 is 5.97 Å². The van der Waals surface area contributed by atoms with Crippen LogP contribution in [0.3, 0.4) is 0 Å². The van der Waals surface area contributed by atoms with Gasteiger partial charge in [0, 0.05) is 18.1 Å². The molecule has 0 atom stereocenters. The number of hydrogen-bond acceptors (Lipinski definition) is 3. The van der Waals surface area contributed by atoms with Gasteiger partial charge in [0.2, 0.25) is 0 Å². The molecule has 3 nitrogen and oxygen atoms in total. The first-order valence-corrected chi connectivity index (χ1v) is 7.45. The average Bonchev–Trinajstić information content (AvgIpc) is 2.82. The number of hydrogen-bond donors (Lipinski definition) is 0. The van der Waals surface area contributed by atoms with E-state index >= 15 is 0 Å². The van der Waals surface area contributed by atoms with E-state index in [9.17, 15) is 4.79 Å². The lowest BCUT2D eigenvalue weighted by Gasteiger charge is -2.13. The lowest BCUT2D eigenvalue weighted by atomic mass is 9.91. The fourth-order valence-electron chi connectivity index (χ4n) is 3.16. The van der Waals surface area contributed by atoms with E-state index in [4.69, 9.17) is 9.47 Å². The van der Waals surface area contributed by atoms with Gasteiger partial charge in [-0.25, -0.2) is 4.79 Å². The third-order valence-electron chi connectivity index (χ3n) is 4.01. The first-order chi connectivity index (χ1) is 9.79. The number of aryl methyl sites for hydroxylation is 1. The molecule has 106 valence electrons. The summed E-state index contributed by atoms with van der Waals surface area (Å²) in [6.07, 6.45) is 6.96. The fourth-order valence-corrected chi connectivity index (χ4v) is 3.16. The van der Waals surface area contributed by atoms with Crippen LogP contribution in [0.15, 0.2) is 18.2 Å². The van der Waals surface area contributed by atoms with Gasteiger partial charge in [0.25, 0.3) is 0 Å². The van der Waals surface area contributed by atoms with Crippen LogP contribution in [-0.2, 0) is 22.4 Å². The molecule has 20 heavy (non-hydrogen) atoms. The van der Waals surface area contributed by atoms with Crippen molar-refractivity contribution in [3.05, 3.63) is 34.9 Å². The normalized spacial score (nSPS) is 18.9. The number of esters is 1. The molecule has 0 aromatic heterocycles. The van der Waals surface area contributed by atoms with E-state index in [2.05, 4.69) is 12.1 Å². The fraction of sp³-hybridized carbons (Fsp3) is 0.471. The summed E-state index contributed by atoms with van der Waals surface area (Å²) in [5.41, 5.74) is 5.01. The van der Waals surface area contributed by atoms with Crippen LogP contribution in [0.25, 0.3) is 5.57 Å². The number of benzene rings is 1. The third kappa shape index (κ3) is 2.45. The maximum Gasteiger partial charge on any atom is 0.331 e. The zero-order chi connectivity index (χ0) is 13.9. The molecule has 3 heteroatoms. The number of carbonyl (C=O) groups excluding carboxylic acids is 1. The molecule has 0 spiro atoms. The van der Waals surface area contributed by atoms with Crippen LogP contribution in [0, 0.1) is 0 Å². The zero-order valence-electron chi connectivity index (χ0n) is 11.9. The Balaban J connectivity index is 2.06. The Bertz CT molecular complexity index is 558. The summed E-state index contributed by atoms with van der Waals surface area (Å²) in [4.78, 5) is 11.8. The Labute approximate surface area is 119 Å². The Morgan fingerprint density at radius 1 is 1.30 bits per heavy atom. The minimum absolute atomic E-state index is 0.230. The molecule has 0 N–H and O–H groups in total. The Morgan fingerprint density at radius 2 is 2.15 bits per heavy atom. The minimum atomic E-state index is -0.230. The van der Waals surface area contributed by atoms with Crippen molar-refractivity contribution in [3.8, 4) is 5.75 Å². The van der Waals surface area contributed by atoms with Crippen molar-refractivity contribution in [2.75, 3.05) is 13.2 Å². The molecular weight excluding hydrogens is 252 g/mol. The van der Waals surface area contributed by atoms with Gasteiger partial charge < -0.3 is 9.47 Å². The Kier molecular flexibility index (Phi) is 3.77. The van der Waals surface area contributed by atoms with Crippen molar-refractivity contribution in [2.45, 2.75) is 39.0 Å². The van der Waals surface area contributed by atoms with Crippen LogP contribution in [0.5, 0.6) is 5.75 Å². The maximum atomic E-state index is 11.8. The predicted octanol–water partition coefficient (Wildman–Crippen LogP) is 3.29. The summed E-state index contributed by atoms with van der Waals surface area (Å²) in [6.45, 7) is 3.01. The molecule has 1 aliphatic carbocycles. The highest BCUT2D eigenvalue weighted by molar-refractivity contribution is 5.93. The van der Waals surface area contributed by atoms with E-state index in [1.165, 1.54) is 23.1 Å². The van der Waals surface area contributed by atoms with Gasteiger partial charge in [-0.15, -0.1) is 0 Å². The highest BCUT2D eigenvalue weighted by atomic mass is 16.5. The van der Waals surface area contributed by atoms with Crippen molar-refractivity contribution < 1.29 is 14.3 Å². The van der Waals surface area contributed by atoms with Crippen LogP contribution in [0.2, 0.25) is 0 Å². The minimum Gasteiger partial charge on any atom is -0.493 e. The lowest BCUT2D eigenvalue weighted by Crippen LogP contribution is -2.03. The van der Waals surface area contributed by atoms with E-state index in [-0.39, 0.29) is 5.97 Å². The van der Waals surface area contributed by atoms with Gasteiger partial charge in [0.15, 0.2) is 0 Å². The molecular formula is C17H20O3. The van der Waals surface area contributed by atoms with Gasteiger partial charge in [-0.2, -0.15) is 0 Å². The SMILES string of the molecule is CCOC(=O)/C=C1\CCCCc2ccc3c(c21)CCO3. The van der Waals surface area contributed by atoms with Crippen LogP contribution >= 0.6 is 0 Å². The number of carbonyl (C=O) groups is 1. The maximum absolute atomic E-state index is 11.8. The molecule has 0 radical (unpaired) electrons. The summed E-state index contributed by atoms with van der Waals surface area (Å²) in [7, 11) is 0. The molecule has 0 saturated heterocycles. The number of ether oxygens (including phenoxy) is 2. The Morgan fingerprint density at radius 3 is 3.00 bits per heavy atom. The summed E-state index contributed by atoms with van der Waals surface area (Å²) >= 11 is 0. The molecule has 1 aromatic carbocycles. The molecule has 0 unspecified atom stereocenters. The number of fused-ring (bicyclic) bond motifs is 3. The summed E-state index contributed by atoms with van der Waals surface area (Å²) in [5, 5.41) is 0. The van der Waals surface area contributed by atoms with Crippen molar-refractivity contribution in [1.82, 2.24) is 0 Å². The second-order valence-corrected chi connectivity index (χ2v) is 5.30. The van der Waals surface area contributed by atoms with E-state index in [0.717, 1.165) is 43.6 Å². The van der Waals surface area contributed by atoms with Crippen molar-refractivity contribution >= 4 is 11.5 Å². The monoisotopic (exact) mass is 272 g/mol. The standard InChI is InChI=1S/C17H20O3/c1-2-19-16(18)11-13-6-4-3-5-12-7-8-15-14(17(12)13)9-10-20-15/h7-8,11H,2-6,9-10H2,1H3/b13-11+. The average molecular weight is 272 g/mol. The van der Waals surface area contributed by atoms with Crippen molar-refractivity contribution in [1.29, 1.82) is 0 Å². The molecule has 0 amide bonds. The highest BCUT2D eigenvalue weighted by Gasteiger charge is 2.23. The largest absolute Gasteiger partial charge is 0.493 e. The highest BCUT2D eigenvalue weighted by Crippen LogP contribution is 2.39. The van der Waals surface area contributed by atoms with Gasteiger partial charge in [0.1, 0.15) is 5.75 Å². The van der Waals surface area contributed by atoms with Crippen LogP contribution in [0.4, 0.5) is 0 Å². The predicted molar refractivity (Wildman–Crippen MR) is 77.8 cm³/mol. The van der Waals surface area contributed by atoms with Crippen LogP contribution < -0.4 is 4.74 Å². The quantitative estimate of drug-likeness (QED) is 0.471. The molecule has 2 aliphatic rings. The van der Waals surface area contributed by atoms with Gasteiger partial charge in [-0.3, -0.25) is 0 Å². The zero-order valence-corrected chi connectivity index (χ0v) is 11.9. The van der Waals surface area contributed by atoms with Crippen molar-refractivity contribution in [2.24, 2.45) is 0 Å². The Hall–Kier alpha value is -1.77. The molecule has 1 heterocycles. The van der Waals surface area contributed by atoms with E-state index in [1.54, 1.807) is 6.08 Å². The van der Waals surface area contributed by atoms with Gasteiger partial charge in [-0.1, -0.05) is 6.07 Å². The molecule has 1 aliphatic heterocycles. The first kappa shape index (κ1) is 13.2. The van der Waals surface area contributed by atoms with Gasteiger partial charge in [0.05, 0.1) is 13.2 Å². The summed E-state index contributed by atoms with van der Waals surface area (Å²) in [5.74, 6) is 0.757. The third-order valence-corrected chi connectivity index (χ3v) is 4.01. The van der Waals surface area contributed by atoms with Crippen LogP contribution in [0.1, 0.15) is 42.9 Å². The second kappa shape index (κ2) is 5.70. The van der Waals surface area contributed by atoms with E-state index in [0.29, 0.717) is 6.61 Å². The molecule has 1 aromatic rings. The second-order valence-electron chi connectivity index (χ2n) is 5.30. The number of rotatable bonds is 2. The van der Waals surface area contributed by atoms with Crippen LogP contribution in [-0.4, -0.2) is 19.2 Å². The molecule has 0 fully saturated rings. The van der Waals surface area contributed by atoms with Crippen molar-refractivity contribution in [3.63, 3.8) is 0 Å². The smallest absolute Gasteiger partial charge is 0.331 e. The van der Waals surface area contributed by atoms with E-state index < -0.39 is 0 Å². The molecule has 0 saturated carbocycles. The van der Waals surface area contributed by atoms with Gasteiger partial charge in [-0.05, 0) is 55.4 Å². The molecule has 0 bridgehead atoms. The molecule has 3 rings (SSSR count).